The summed E-state index contributed by atoms with van der Waals surface area (Å²) in [6, 6.07) is 9.85. The van der Waals surface area contributed by atoms with Crippen LogP contribution in [0.5, 0.6) is 0 Å². The van der Waals surface area contributed by atoms with E-state index in [1.165, 1.54) is 6.21 Å². The van der Waals surface area contributed by atoms with Crippen molar-refractivity contribution in [1.29, 1.82) is 0 Å². The van der Waals surface area contributed by atoms with Crippen LogP contribution in [0, 0.1) is 3.77 Å². The average Bonchev–Trinajstić information content (AvgIpc) is 2.91. The largest absolute Gasteiger partial charge is 0.449 e. The lowest BCUT2D eigenvalue weighted by Gasteiger charge is -2.04. The van der Waals surface area contributed by atoms with E-state index in [-0.39, 0.29) is 12.5 Å². The molecular weight excluding hydrogens is 421 g/mol. The van der Waals surface area contributed by atoms with Crippen molar-refractivity contribution in [1.82, 2.24) is 10.7 Å². The molecule has 1 aromatic carbocycles. The van der Waals surface area contributed by atoms with Gasteiger partial charge in [0.15, 0.2) is 3.77 Å². The molecule has 0 saturated heterocycles. The minimum absolute atomic E-state index is 0.186. The van der Waals surface area contributed by atoms with Crippen LogP contribution in [0.1, 0.15) is 16.1 Å². The SMILES string of the molecule is O=C(CNC(=O)c1ccc(Cl)cc1)N/N=C/c1ccc(I)o1. The van der Waals surface area contributed by atoms with Gasteiger partial charge in [0.2, 0.25) is 0 Å². The van der Waals surface area contributed by atoms with E-state index in [0.717, 1.165) is 3.77 Å². The lowest BCUT2D eigenvalue weighted by atomic mass is 10.2. The number of nitrogens with one attached hydrogen (secondary N) is 2. The van der Waals surface area contributed by atoms with Gasteiger partial charge in [0.1, 0.15) is 5.76 Å². The minimum atomic E-state index is -0.445. The Morgan fingerprint density at radius 3 is 2.59 bits per heavy atom. The van der Waals surface area contributed by atoms with Crippen LogP contribution in [0.4, 0.5) is 0 Å². The predicted molar refractivity (Wildman–Crippen MR) is 90.9 cm³/mol. The van der Waals surface area contributed by atoms with E-state index in [9.17, 15) is 9.59 Å². The molecule has 2 aromatic rings. The van der Waals surface area contributed by atoms with Crippen molar-refractivity contribution in [2.45, 2.75) is 0 Å². The Labute approximate surface area is 145 Å². The Bertz CT molecular complexity index is 698. The number of furan rings is 1. The van der Waals surface area contributed by atoms with Gasteiger partial charge in [-0.25, -0.2) is 5.43 Å². The molecule has 114 valence electrons. The van der Waals surface area contributed by atoms with Gasteiger partial charge in [-0.05, 0) is 59.0 Å². The third-order valence-corrected chi connectivity index (χ3v) is 3.32. The van der Waals surface area contributed by atoms with Crippen LogP contribution in [0.2, 0.25) is 5.02 Å². The smallest absolute Gasteiger partial charge is 0.259 e. The van der Waals surface area contributed by atoms with E-state index in [0.29, 0.717) is 16.3 Å². The highest BCUT2D eigenvalue weighted by Crippen LogP contribution is 2.09. The second kappa shape index (κ2) is 7.95. The first-order chi connectivity index (χ1) is 10.5. The van der Waals surface area contributed by atoms with Gasteiger partial charge in [-0.15, -0.1) is 0 Å². The normalized spacial score (nSPS) is 10.6. The zero-order chi connectivity index (χ0) is 15.9. The van der Waals surface area contributed by atoms with E-state index in [1.807, 2.05) is 22.6 Å². The third kappa shape index (κ3) is 5.15. The van der Waals surface area contributed by atoms with Crippen molar-refractivity contribution in [3.8, 4) is 0 Å². The molecule has 0 spiro atoms. The van der Waals surface area contributed by atoms with Crippen molar-refractivity contribution in [3.63, 3.8) is 0 Å². The monoisotopic (exact) mass is 431 g/mol. The first-order valence-corrected chi connectivity index (χ1v) is 7.61. The molecule has 0 aliphatic heterocycles. The second-order valence-corrected chi connectivity index (χ2v) is 5.62. The van der Waals surface area contributed by atoms with E-state index >= 15 is 0 Å². The van der Waals surface area contributed by atoms with Crippen molar-refractivity contribution < 1.29 is 14.0 Å². The maximum atomic E-state index is 11.8. The topological polar surface area (TPSA) is 83.7 Å². The van der Waals surface area contributed by atoms with Crippen LogP contribution in [-0.2, 0) is 4.79 Å². The fraction of sp³-hybridized carbons (Fsp3) is 0.0714. The summed E-state index contributed by atoms with van der Waals surface area (Å²) < 4.78 is 5.96. The van der Waals surface area contributed by atoms with Gasteiger partial charge in [-0.1, -0.05) is 11.6 Å². The average molecular weight is 432 g/mol. The molecule has 0 aliphatic rings. The predicted octanol–water partition coefficient (Wildman–Crippen LogP) is 2.42. The Morgan fingerprint density at radius 1 is 1.23 bits per heavy atom. The van der Waals surface area contributed by atoms with Gasteiger partial charge in [-0.2, -0.15) is 5.10 Å². The summed E-state index contributed by atoms with van der Waals surface area (Å²) in [6.45, 7) is -0.186. The molecule has 0 radical (unpaired) electrons. The zero-order valence-electron chi connectivity index (χ0n) is 11.2. The third-order valence-electron chi connectivity index (χ3n) is 2.49. The molecule has 2 N–H and O–H groups in total. The lowest BCUT2D eigenvalue weighted by molar-refractivity contribution is -0.120. The molecule has 0 saturated carbocycles. The summed E-state index contributed by atoms with van der Waals surface area (Å²) in [7, 11) is 0. The Balaban J connectivity index is 1.76. The Kier molecular flexibility index (Phi) is 5.96. The fourth-order valence-corrected chi connectivity index (χ4v) is 2.03. The number of hydrogen-bond acceptors (Lipinski definition) is 4. The summed E-state index contributed by atoms with van der Waals surface area (Å²) in [4.78, 5) is 23.3. The number of nitrogens with zero attached hydrogens (tertiary/aromatic N) is 1. The maximum absolute atomic E-state index is 11.8. The molecule has 1 heterocycles. The molecule has 0 atom stereocenters. The van der Waals surface area contributed by atoms with Gasteiger partial charge < -0.3 is 9.73 Å². The molecule has 22 heavy (non-hydrogen) atoms. The number of rotatable bonds is 5. The van der Waals surface area contributed by atoms with Crippen molar-refractivity contribution in [3.05, 3.63) is 56.5 Å². The molecule has 0 aliphatic carbocycles. The van der Waals surface area contributed by atoms with Gasteiger partial charge in [0.25, 0.3) is 11.8 Å². The number of benzene rings is 1. The number of carbonyl (C=O) groups is 2. The number of carbonyl (C=O) groups excluding carboxylic acids is 2. The summed E-state index contributed by atoms with van der Waals surface area (Å²) in [5, 5.41) is 6.74. The fourth-order valence-electron chi connectivity index (χ4n) is 1.47. The molecule has 6 nitrogen and oxygen atoms in total. The van der Waals surface area contributed by atoms with Gasteiger partial charge in [0.05, 0.1) is 12.8 Å². The van der Waals surface area contributed by atoms with E-state index in [4.69, 9.17) is 16.0 Å². The Morgan fingerprint density at radius 2 is 1.95 bits per heavy atom. The highest BCUT2D eigenvalue weighted by atomic mass is 127. The van der Waals surface area contributed by atoms with Crippen molar-refractivity contribution in [2.24, 2.45) is 5.10 Å². The van der Waals surface area contributed by atoms with Crippen LogP contribution < -0.4 is 10.7 Å². The van der Waals surface area contributed by atoms with Crippen LogP contribution in [0.3, 0.4) is 0 Å². The molecule has 0 unspecified atom stereocenters. The highest BCUT2D eigenvalue weighted by molar-refractivity contribution is 14.1. The molecule has 1 aromatic heterocycles. The molecule has 0 bridgehead atoms. The van der Waals surface area contributed by atoms with Gasteiger partial charge in [0, 0.05) is 10.6 Å². The summed E-state index contributed by atoms with van der Waals surface area (Å²) in [5.74, 6) is -0.286. The molecular formula is C14H11ClIN3O3. The number of amides is 2. The first-order valence-electron chi connectivity index (χ1n) is 6.15. The van der Waals surface area contributed by atoms with Crippen LogP contribution in [0.25, 0.3) is 0 Å². The van der Waals surface area contributed by atoms with E-state index in [2.05, 4.69) is 15.8 Å². The number of halogens is 2. The van der Waals surface area contributed by atoms with E-state index < -0.39 is 5.91 Å². The van der Waals surface area contributed by atoms with E-state index in [1.54, 1.807) is 36.4 Å². The molecule has 2 rings (SSSR count). The van der Waals surface area contributed by atoms with Crippen LogP contribution >= 0.6 is 34.2 Å². The quantitative estimate of drug-likeness (QED) is 0.433. The summed E-state index contributed by atoms with van der Waals surface area (Å²) in [5.41, 5.74) is 2.71. The molecule has 0 fully saturated rings. The van der Waals surface area contributed by atoms with Crippen LogP contribution in [0.15, 0.2) is 45.9 Å². The number of hydrogen-bond donors (Lipinski definition) is 2. The van der Waals surface area contributed by atoms with Crippen molar-refractivity contribution in [2.75, 3.05) is 6.54 Å². The van der Waals surface area contributed by atoms with Crippen LogP contribution in [-0.4, -0.2) is 24.6 Å². The first kappa shape index (κ1) is 16.5. The summed E-state index contributed by atoms with van der Waals surface area (Å²) >= 11 is 7.76. The number of hydrazone groups is 1. The molecule has 2 amide bonds. The molecule has 8 heteroatoms. The van der Waals surface area contributed by atoms with Crippen molar-refractivity contribution >= 4 is 52.2 Å². The standard InChI is InChI=1S/C14H11ClIN3O3/c15-10-3-1-9(2-4-10)14(21)17-8-13(20)19-18-7-11-5-6-12(16)22-11/h1-7H,8H2,(H,17,21)(H,19,20)/b18-7+. The maximum Gasteiger partial charge on any atom is 0.259 e. The Hall–Kier alpha value is -1.87. The second-order valence-electron chi connectivity index (χ2n) is 4.12. The highest BCUT2D eigenvalue weighted by Gasteiger charge is 2.07. The van der Waals surface area contributed by atoms with Gasteiger partial charge >= 0.3 is 0 Å². The van der Waals surface area contributed by atoms with Gasteiger partial charge in [-0.3, -0.25) is 9.59 Å². The summed E-state index contributed by atoms with van der Waals surface area (Å²) in [6.07, 6.45) is 1.38. The lowest BCUT2D eigenvalue weighted by Crippen LogP contribution is -2.34. The zero-order valence-corrected chi connectivity index (χ0v) is 14.1. The minimum Gasteiger partial charge on any atom is -0.449 e.